The van der Waals surface area contributed by atoms with E-state index in [4.69, 9.17) is 0 Å². The zero-order valence-corrected chi connectivity index (χ0v) is 9.33. The summed E-state index contributed by atoms with van der Waals surface area (Å²) in [6, 6.07) is 11.2. The molecule has 3 nitrogen and oxygen atoms in total. The fourth-order valence-electron chi connectivity index (χ4n) is 1.79. The van der Waals surface area contributed by atoms with Crippen LogP contribution < -0.4 is 5.32 Å². The first-order valence-electron chi connectivity index (χ1n) is 5.70. The smallest absolute Gasteiger partial charge is 0.148 e. The summed E-state index contributed by atoms with van der Waals surface area (Å²) in [5, 5.41) is 10.7. The first kappa shape index (κ1) is 9.46. The lowest BCUT2D eigenvalue weighted by Crippen LogP contribution is -2.00. The van der Waals surface area contributed by atoms with Crippen molar-refractivity contribution in [1.29, 1.82) is 0 Å². The molecule has 3 rings (SSSR count). The molecule has 0 amide bonds. The van der Waals surface area contributed by atoms with Gasteiger partial charge in [-0.1, -0.05) is 23.8 Å². The van der Waals surface area contributed by atoms with E-state index in [1.807, 2.05) is 0 Å². The lowest BCUT2D eigenvalue weighted by molar-refractivity contribution is 1.05. The zero-order chi connectivity index (χ0) is 11.0. The van der Waals surface area contributed by atoms with Gasteiger partial charge in [-0.05, 0) is 31.4 Å². The highest BCUT2D eigenvalue weighted by molar-refractivity contribution is 5.63. The van der Waals surface area contributed by atoms with Crippen LogP contribution >= 0.6 is 0 Å². The maximum Gasteiger partial charge on any atom is 0.148 e. The number of hydrogen-bond acceptors (Lipinski definition) is 2. The predicted octanol–water partition coefficient (Wildman–Crippen LogP) is 2.96. The van der Waals surface area contributed by atoms with Crippen LogP contribution in [0.15, 0.2) is 30.3 Å². The monoisotopic (exact) mass is 213 g/mol. The molecule has 1 saturated carbocycles. The van der Waals surface area contributed by atoms with E-state index in [0.717, 1.165) is 11.5 Å². The number of aromatic nitrogens is 2. The SMILES string of the molecule is Cc1cccc(-c2cc(NC3CC3)n[nH]2)c1. The lowest BCUT2D eigenvalue weighted by atomic mass is 10.1. The Morgan fingerprint density at radius 3 is 2.94 bits per heavy atom. The maximum absolute atomic E-state index is 4.27. The number of benzene rings is 1. The third-order valence-corrected chi connectivity index (χ3v) is 2.84. The van der Waals surface area contributed by atoms with Gasteiger partial charge in [0.2, 0.25) is 0 Å². The van der Waals surface area contributed by atoms with Crippen LogP contribution in [0.5, 0.6) is 0 Å². The molecular formula is C13H15N3. The maximum atomic E-state index is 4.27. The van der Waals surface area contributed by atoms with Crippen LogP contribution in [-0.2, 0) is 0 Å². The van der Waals surface area contributed by atoms with Crippen LogP contribution in [0, 0.1) is 6.92 Å². The van der Waals surface area contributed by atoms with Crippen molar-refractivity contribution in [2.24, 2.45) is 0 Å². The predicted molar refractivity (Wildman–Crippen MR) is 65.4 cm³/mol. The van der Waals surface area contributed by atoms with Crippen molar-refractivity contribution >= 4 is 5.82 Å². The standard InChI is InChI=1S/C13H15N3/c1-9-3-2-4-10(7-9)12-8-13(16-15-12)14-11-5-6-11/h2-4,7-8,11H,5-6H2,1H3,(H2,14,15,16). The quantitative estimate of drug-likeness (QED) is 0.823. The number of hydrogen-bond donors (Lipinski definition) is 2. The molecule has 0 spiro atoms. The summed E-state index contributed by atoms with van der Waals surface area (Å²) in [6.07, 6.45) is 2.54. The Hall–Kier alpha value is -1.77. The van der Waals surface area contributed by atoms with Gasteiger partial charge in [-0.25, -0.2) is 0 Å². The Bertz CT molecular complexity index is 497. The average molecular weight is 213 g/mol. The van der Waals surface area contributed by atoms with Crippen molar-refractivity contribution in [3.05, 3.63) is 35.9 Å². The summed E-state index contributed by atoms with van der Waals surface area (Å²) in [5.41, 5.74) is 3.53. The molecule has 16 heavy (non-hydrogen) atoms. The van der Waals surface area contributed by atoms with Gasteiger partial charge in [-0.2, -0.15) is 5.10 Å². The van der Waals surface area contributed by atoms with E-state index >= 15 is 0 Å². The summed E-state index contributed by atoms with van der Waals surface area (Å²) >= 11 is 0. The molecule has 1 heterocycles. The summed E-state index contributed by atoms with van der Waals surface area (Å²) in [6.45, 7) is 2.10. The van der Waals surface area contributed by atoms with Crippen LogP contribution in [0.25, 0.3) is 11.3 Å². The molecule has 3 heteroatoms. The van der Waals surface area contributed by atoms with Gasteiger partial charge in [0.15, 0.2) is 0 Å². The van der Waals surface area contributed by atoms with Gasteiger partial charge in [0.1, 0.15) is 5.82 Å². The molecule has 1 aromatic heterocycles. The molecule has 2 aromatic rings. The van der Waals surface area contributed by atoms with Crippen molar-refractivity contribution in [1.82, 2.24) is 10.2 Å². The average Bonchev–Trinajstić information content (AvgIpc) is 2.94. The molecule has 0 atom stereocenters. The van der Waals surface area contributed by atoms with Gasteiger partial charge >= 0.3 is 0 Å². The van der Waals surface area contributed by atoms with Gasteiger partial charge < -0.3 is 5.32 Å². The van der Waals surface area contributed by atoms with Crippen LogP contribution in [0.1, 0.15) is 18.4 Å². The first-order chi connectivity index (χ1) is 7.81. The number of aryl methyl sites for hydroxylation is 1. The highest BCUT2D eigenvalue weighted by Crippen LogP contribution is 2.26. The van der Waals surface area contributed by atoms with Crippen molar-refractivity contribution in [2.45, 2.75) is 25.8 Å². The molecule has 1 aliphatic rings. The molecule has 0 bridgehead atoms. The van der Waals surface area contributed by atoms with Crippen molar-refractivity contribution in [3.8, 4) is 11.3 Å². The molecular weight excluding hydrogens is 198 g/mol. The van der Waals surface area contributed by atoms with Crippen LogP contribution in [0.4, 0.5) is 5.82 Å². The zero-order valence-electron chi connectivity index (χ0n) is 9.33. The van der Waals surface area contributed by atoms with Gasteiger partial charge in [-0.3, -0.25) is 5.10 Å². The van der Waals surface area contributed by atoms with Crippen LogP contribution in [-0.4, -0.2) is 16.2 Å². The molecule has 0 radical (unpaired) electrons. The second-order valence-corrected chi connectivity index (χ2v) is 4.45. The van der Waals surface area contributed by atoms with Crippen molar-refractivity contribution in [3.63, 3.8) is 0 Å². The number of nitrogens with one attached hydrogen (secondary N) is 2. The van der Waals surface area contributed by atoms with Crippen molar-refractivity contribution < 1.29 is 0 Å². The Labute approximate surface area is 94.9 Å². The fraction of sp³-hybridized carbons (Fsp3) is 0.308. The highest BCUT2D eigenvalue weighted by atomic mass is 15.2. The van der Waals surface area contributed by atoms with E-state index in [1.165, 1.54) is 24.0 Å². The largest absolute Gasteiger partial charge is 0.366 e. The Kier molecular flexibility index (Phi) is 2.17. The first-order valence-corrected chi connectivity index (χ1v) is 5.70. The second-order valence-electron chi connectivity index (χ2n) is 4.45. The lowest BCUT2D eigenvalue weighted by Gasteiger charge is -1.98. The van der Waals surface area contributed by atoms with Crippen molar-refractivity contribution in [2.75, 3.05) is 5.32 Å². The number of rotatable bonds is 3. The van der Waals surface area contributed by atoms with E-state index in [9.17, 15) is 0 Å². The van der Waals surface area contributed by atoms with Crippen LogP contribution in [0.2, 0.25) is 0 Å². The topological polar surface area (TPSA) is 40.7 Å². The van der Waals surface area contributed by atoms with E-state index in [1.54, 1.807) is 0 Å². The van der Waals surface area contributed by atoms with E-state index in [0.29, 0.717) is 6.04 Å². The van der Waals surface area contributed by atoms with E-state index < -0.39 is 0 Å². The Morgan fingerprint density at radius 1 is 1.31 bits per heavy atom. The number of H-pyrrole nitrogens is 1. The third-order valence-electron chi connectivity index (χ3n) is 2.84. The summed E-state index contributed by atoms with van der Waals surface area (Å²) in [7, 11) is 0. The summed E-state index contributed by atoms with van der Waals surface area (Å²) in [4.78, 5) is 0. The minimum atomic E-state index is 0.647. The van der Waals surface area contributed by atoms with Crippen LogP contribution in [0.3, 0.4) is 0 Å². The highest BCUT2D eigenvalue weighted by Gasteiger charge is 2.21. The molecule has 1 aromatic carbocycles. The van der Waals surface area contributed by atoms with Gasteiger partial charge in [0, 0.05) is 12.1 Å². The molecule has 1 fully saturated rings. The number of anilines is 1. The molecule has 2 N–H and O–H groups in total. The van der Waals surface area contributed by atoms with E-state index in [-0.39, 0.29) is 0 Å². The minimum Gasteiger partial charge on any atom is -0.366 e. The minimum absolute atomic E-state index is 0.647. The number of nitrogens with zero attached hydrogens (tertiary/aromatic N) is 1. The Balaban J connectivity index is 1.85. The molecule has 0 saturated heterocycles. The van der Waals surface area contributed by atoms with E-state index in [2.05, 4.69) is 52.8 Å². The second kappa shape index (κ2) is 3.67. The normalized spacial score (nSPS) is 15.1. The molecule has 0 unspecified atom stereocenters. The Morgan fingerprint density at radius 2 is 2.19 bits per heavy atom. The van der Waals surface area contributed by atoms with Gasteiger partial charge in [0.05, 0.1) is 5.69 Å². The third kappa shape index (κ3) is 1.94. The summed E-state index contributed by atoms with van der Waals surface area (Å²) < 4.78 is 0. The fourth-order valence-corrected chi connectivity index (χ4v) is 1.79. The number of aromatic amines is 1. The summed E-state index contributed by atoms with van der Waals surface area (Å²) in [5.74, 6) is 0.957. The van der Waals surface area contributed by atoms with Gasteiger partial charge in [0.25, 0.3) is 0 Å². The molecule has 1 aliphatic carbocycles. The molecule has 0 aliphatic heterocycles. The molecule has 82 valence electrons. The van der Waals surface area contributed by atoms with Gasteiger partial charge in [-0.15, -0.1) is 0 Å².